The van der Waals surface area contributed by atoms with Gasteiger partial charge in [0.05, 0.1) is 16.8 Å². The van der Waals surface area contributed by atoms with Crippen LogP contribution in [0.25, 0.3) is 10.9 Å². The third-order valence-electron chi connectivity index (χ3n) is 3.24. The lowest BCUT2D eigenvalue weighted by Crippen LogP contribution is -2.10. The quantitative estimate of drug-likeness (QED) is 0.832. The monoisotopic (exact) mass is 270 g/mol. The number of rotatable bonds is 2. The van der Waals surface area contributed by atoms with E-state index in [1.54, 1.807) is 19.9 Å². The van der Waals surface area contributed by atoms with Crippen LogP contribution in [-0.2, 0) is 6.18 Å². The predicted octanol–water partition coefficient (Wildman–Crippen LogP) is 4.83. The van der Waals surface area contributed by atoms with Crippen molar-refractivity contribution in [3.63, 3.8) is 0 Å². The summed E-state index contributed by atoms with van der Waals surface area (Å²) in [5.41, 5.74) is 1.09. The number of hydrogen-bond acceptors (Lipinski definition) is 1. The second-order valence-electron chi connectivity index (χ2n) is 5.40. The first-order valence-corrected chi connectivity index (χ1v) is 6.31. The molecule has 0 aliphatic rings. The number of H-pyrrole nitrogens is 1. The number of aromatic nitrogens is 2. The molecule has 0 aliphatic heterocycles. The van der Waals surface area contributed by atoms with Crippen LogP contribution in [0.1, 0.15) is 56.4 Å². The van der Waals surface area contributed by atoms with Crippen LogP contribution < -0.4 is 0 Å². The van der Waals surface area contributed by atoms with Gasteiger partial charge in [-0.3, -0.25) is 5.10 Å². The summed E-state index contributed by atoms with van der Waals surface area (Å²) in [5.74, 6) is -0.105. The lowest BCUT2D eigenvalue weighted by atomic mass is 9.93. The molecule has 0 saturated heterocycles. The van der Waals surface area contributed by atoms with Crippen molar-refractivity contribution in [1.82, 2.24) is 10.2 Å². The molecule has 0 saturated carbocycles. The Labute approximate surface area is 110 Å². The molecule has 0 unspecified atom stereocenters. The third-order valence-corrected chi connectivity index (χ3v) is 3.24. The molecule has 0 amide bonds. The van der Waals surface area contributed by atoms with Crippen molar-refractivity contribution in [1.29, 1.82) is 0 Å². The fraction of sp³-hybridized carbons (Fsp3) is 0.500. The van der Waals surface area contributed by atoms with E-state index in [2.05, 4.69) is 10.2 Å². The minimum atomic E-state index is -4.33. The summed E-state index contributed by atoms with van der Waals surface area (Å²) in [6.07, 6.45) is -4.33. The summed E-state index contributed by atoms with van der Waals surface area (Å²) in [6.45, 7) is 7.35. The van der Waals surface area contributed by atoms with Gasteiger partial charge in [0, 0.05) is 5.39 Å². The van der Waals surface area contributed by atoms with Gasteiger partial charge in [0.2, 0.25) is 0 Å². The zero-order valence-corrected chi connectivity index (χ0v) is 11.4. The molecule has 1 aromatic heterocycles. The van der Waals surface area contributed by atoms with Gasteiger partial charge in [0.15, 0.2) is 0 Å². The Morgan fingerprint density at radius 2 is 1.68 bits per heavy atom. The molecule has 5 heteroatoms. The molecular formula is C14H17F3N2. The first-order chi connectivity index (χ1) is 8.71. The SMILES string of the molecule is CC(C)c1cc2[nH]nc(C(C)C)c2cc1C(F)(F)F. The lowest BCUT2D eigenvalue weighted by molar-refractivity contribution is -0.138. The molecule has 0 bridgehead atoms. The molecule has 19 heavy (non-hydrogen) atoms. The van der Waals surface area contributed by atoms with Crippen LogP contribution in [0, 0.1) is 0 Å². The standard InChI is InChI=1S/C14H17F3N2/c1-7(2)9-6-12-10(5-11(9)14(15,16)17)13(8(3)4)19-18-12/h5-8H,1-4H3,(H,18,19). The highest BCUT2D eigenvalue weighted by atomic mass is 19.4. The Morgan fingerprint density at radius 1 is 1.05 bits per heavy atom. The van der Waals surface area contributed by atoms with Crippen LogP contribution in [0.3, 0.4) is 0 Å². The van der Waals surface area contributed by atoms with Gasteiger partial charge in [-0.05, 0) is 29.5 Å². The fourth-order valence-corrected chi connectivity index (χ4v) is 2.26. The van der Waals surface area contributed by atoms with Crippen LogP contribution in [0.5, 0.6) is 0 Å². The summed E-state index contributed by atoms with van der Waals surface area (Å²) >= 11 is 0. The van der Waals surface area contributed by atoms with Gasteiger partial charge >= 0.3 is 6.18 Å². The molecule has 2 aromatic rings. The smallest absolute Gasteiger partial charge is 0.278 e. The van der Waals surface area contributed by atoms with Gasteiger partial charge < -0.3 is 0 Å². The summed E-state index contributed by atoms with van der Waals surface area (Å²) in [4.78, 5) is 0. The summed E-state index contributed by atoms with van der Waals surface area (Å²) in [5, 5.41) is 7.51. The van der Waals surface area contributed by atoms with Crippen LogP contribution in [0.2, 0.25) is 0 Å². The van der Waals surface area contributed by atoms with E-state index in [4.69, 9.17) is 0 Å². The second-order valence-corrected chi connectivity index (χ2v) is 5.40. The minimum Gasteiger partial charge on any atom is -0.278 e. The number of alkyl halides is 3. The lowest BCUT2D eigenvalue weighted by Gasteiger charge is -2.16. The number of nitrogens with one attached hydrogen (secondary N) is 1. The zero-order chi connectivity index (χ0) is 14.4. The van der Waals surface area contributed by atoms with E-state index in [-0.39, 0.29) is 11.8 Å². The highest BCUT2D eigenvalue weighted by Gasteiger charge is 2.34. The largest absolute Gasteiger partial charge is 0.416 e. The Hall–Kier alpha value is -1.52. The van der Waals surface area contributed by atoms with Crippen molar-refractivity contribution in [2.45, 2.75) is 45.7 Å². The van der Waals surface area contributed by atoms with Crippen LogP contribution in [-0.4, -0.2) is 10.2 Å². The molecular weight excluding hydrogens is 253 g/mol. The summed E-state index contributed by atoms with van der Waals surface area (Å²) in [7, 11) is 0. The summed E-state index contributed by atoms with van der Waals surface area (Å²) in [6, 6.07) is 2.80. The maximum atomic E-state index is 13.1. The van der Waals surface area contributed by atoms with E-state index in [1.807, 2.05) is 13.8 Å². The number of fused-ring (bicyclic) bond motifs is 1. The van der Waals surface area contributed by atoms with Crippen molar-refractivity contribution in [2.75, 3.05) is 0 Å². The van der Waals surface area contributed by atoms with Crippen molar-refractivity contribution in [2.24, 2.45) is 0 Å². The highest BCUT2D eigenvalue weighted by molar-refractivity contribution is 5.83. The molecule has 0 atom stereocenters. The molecule has 1 heterocycles. The van der Waals surface area contributed by atoms with Gasteiger partial charge in [0.25, 0.3) is 0 Å². The molecule has 104 valence electrons. The van der Waals surface area contributed by atoms with E-state index in [9.17, 15) is 13.2 Å². The van der Waals surface area contributed by atoms with E-state index in [1.165, 1.54) is 6.07 Å². The fourth-order valence-electron chi connectivity index (χ4n) is 2.26. The molecule has 0 spiro atoms. The first kappa shape index (κ1) is 13.9. The maximum absolute atomic E-state index is 13.1. The van der Waals surface area contributed by atoms with Gasteiger partial charge in [-0.1, -0.05) is 27.7 Å². The van der Waals surface area contributed by atoms with E-state index in [0.29, 0.717) is 22.2 Å². The summed E-state index contributed by atoms with van der Waals surface area (Å²) < 4.78 is 39.4. The Kier molecular flexibility index (Phi) is 3.32. The second kappa shape index (κ2) is 4.54. The van der Waals surface area contributed by atoms with Crippen molar-refractivity contribution >= 4 is 10.9 Å². The number of aromatic amines is 1. The van der Waals surface area contributed by atoms with Gasteiger partial charge in [-0.15, -0.1) is 0 Å². The highest BCUT2D eigenvalue weighted by Crippen LogP contribution is 2.38. The number of benzene rings is 1. The van der Waals surface area contributed by atoms with Gasteiger partial charge in [-0.25, -0.2) is 0 Å². The average molecular weight is 270 g/mol. The van der Waals surface area contributed by atoms with E-state index < -0.39 is 11.7 Å². The first-order valence-electron chi connectivity index (χ1n) is 6.31. The molecule has 2 rings (SSSR count). The number of hydrogen-bond donors (Lipinski definition) is 1. The third kappa shape index (κ3) is 2.46. The van der Waals surface area contributed by atoms with Crippen molar-refractivity contribution in [3.8, 4) is 0 Å². The molecule has 0 radical (unpaired) electrons. The number of halogens is 3. The van der Waals surface area contributed by atoms with Crippen molar-refractivity contribution in [3.05, 3.63) is 29.0 Å². The van der Waals surface area contributed by atoms with E-state index >= 15 is 0 Å². The topological polar surface area (TPSA) is 28.7 Å². The van der Waals surface area contributed by atoms with Gasteiger partial charge in [0.1, 0.15) is 0 Å². The average Bonchev–Trinajstić information content (AvgIpc) is 2.68. The Balaban J connectivity index is 2.76. The van der Waals surface area contributed by atoms with Crippen LogP contribution in [0.4, 0.5) is 13.2 Å². The van der Waals surface area contributed by atoms with E-state index in [0.717, 1.165) is 0 Å². The maximum Gasteiger partial charge on any atom is 0.416 e. The van der Waals surface area contributed by atoms with Crippen LogP contribution in [0.15, 0.2) is 12.1 Å². The minimum absolute atomic E-state index is 0.0831. The van der Waals surface area contributed by atoms with Gasteiger partial charge in [-0.2, -0.15) is 18.3 Å². The number of nitrogens with zero attached hydrogens (tertiary/aromatic N) is 1. The van der Waals surface area contributed by atoms with Crippen molar-refractivity contribution < 1.29 is 13.2 Å². The molecule has 0 fully saturated rings. The normalized spacial score (nSPS) is 12.9. The van der Waals surface area contributed by atoms with Crippen LogP contribution >= 0.6 is 0 Å². The Bertz CT molecular complexity index is 594. The molecule has 2 nitrogen and oxygen atoms in total. The molecule has 1 N–H and O–H groups in total. The molecule has 0 aliphatic carbocycles. The Morgan fingerprint density at radius 3 is 2.16 bits per heavy atom. The zero-order valence-electron chi connectivity index (χ0n) is 11.4. The molecule has 1 aromatic carbocycles. The predicted molar refractivity (Wildman–Crippen MR) is 69.3 cm³/mol.